The first-order chi connectivity index (χ1) is 16.5. The molecule has 1 saturated carbocycles. The second-order valence-corrected chi connectivity index (χ2v) is 9.75. The van der Waals surface area contributed by atoms with Crippen LogP contribution in [-0.2, 0) is 9.53 Å². The van der Waals surface area contributed by atoms with Gasteiger partial charge in [-0.1, -0.05) is 48.5 Å². The van der Waals surface area contributed by atoms with Gasteiger partial charge in [0.1, 0.15) is 12.3 Å². The van der Waals surface area contributed by atoms with Gasteiger partial charge in [0.15, 0.2) is 5.13 Å². The number of thiazole rings is 1. The number of carbonyl (C=O) groups excluding carboxylic acids is 2. The van der Waals surface area contributed by atoms with Crippen molar-refractivity contribution in [1.82, 2.24) is 9.88 Å². The van der Waals surface area contributed by atoms with E-state index in [2.05, 4.69) is 34.6 Å². The Morgan fingerprint density at radius 2 is 1.65 bits per heavy atom. The third kappa shape index (κ3) is 3.43. The molecule has 3 aliphatic rings. The number of hydrogen-bond donors (Lipinski definition) is 2. The van der Waals surface area contributed by atoms with E-state index in [0.717, 1.165) is 33.6 Å². The molecule has 1 aromatic heterocycles. The molecule has 8 nitrogen and oxygen atoms in total. The van der Waals surface area contributed by atoms with E-state index in [1.807, 2.05) is 24.3 Å². The summed E-state index contributed by atoms with van der Waals surface area (Å²) in [7, 11) is 0. The largest absolute Gasteiger partial charge is 0.481 e. The smallest absolute Gasteiger partial charge is 0.413 e. The van der Waals surface area contributed by atoms with Crippen molar-refractivity contribution in [3.63, 3.8) is 0 Å². The number of nitrogens with one attached hydrogen (secondary N) is 1. The molecule has 0 radical (unpaired) electrons. The lowest BCUT2D eigenvalue weighted by Gasteiger charge is -2.17. The van der Waals surface area contributed by atoms with Gasteiger partial charge in [-0.05, 0) is 34.1 Å². The lowest BCUT2D eigenvalue weighted by molar-refractivity contribution is -0.139. The molecule has 2 heterocycles. The van der Waals surface area contributed by atoms with E-state index in [4.69, 9.17) is 9.84 Å². The van der Waals surface area contributed by atoms with Gasteiger partial charge >= 0.3 is 12.1 Å². The summed E-state index contributed by atoms with van der Waals surface area (Å²) in [5, 5.41) is 13.6. The lowest BCUT2D eigenvalue weighted by Crippen LogP contribution is -2.32. The minimum absolute atomic E-state index is 0.0391. The van der Waals surface area contributed by atoms with E-state index < -0.39 is 12.1 Å². The van der Waals surface area contributed by atoms with Crippen LogP contribution < -0.4 is 5.32 Å². The average Bonchev–Trinajstić information content (AvgIpc) is 3.20. The number of piperidine rings is 1. The second-order valence-electron chi connectivity index (χ2n) is 8.89. The van der Waals surface area contributed by atoms with Crippen molar-refractivity contribution in [2.75, 3.05) is 25.0 Å². The van der Waals surface area contributed by atoms with Crippen molar-refractivity contribution in [3.05, 3.63) is 70.7 Å². The zero-order valence-electron chi connectivity index (χ0n) is 18.0. The van der Waals surface area contributed by atoms with Crippen molar-refractivity contribution >= 4 is 34.4 Å². The van der Waals surface area contributed by atoms with Crippen LogP contribution in [0.1, 0.15) is 27.5 Å². The van der Waals surface area contributed by atoms with Crippen molar-refractivity contribution in [3.8, 4) is 11.1 Å². The Labute approximate surface area is 199 Å². The van der Waals surface area contributed by atoms with Crippen molar-refractivity contribution in [1.29, 1.82) is 0 Å². The van der Waals surface area contributed by atoms with Gasteiger partial charge in [-0.15, -0.1) is 11.3 Å². The first kappa shape index (κ1) is 20.9. The summed E-state index contributed by atoms with van der Waals surface area (Å²) in [6, 6.07) is 16.2. The number of anilines is 1. The molecule has 2 aliphatic carbocycles. The number of carbonyl (C=O) groups is 3. The molecule has 172 valence electrons. The fourth-order valence-corrected chi connectivity index (χ4v) is 6.04. The van der Waals surface area contributed by atoms with E-state index in [1.54, 1.807) is 10.3 Å². The Morgan fingerprint density at radius 1 is 1.03 bits per heavy atom. The monoisotopic (exact) mass is 475 g/mol. The highest BCUT2D eigenvalue weighted by molar-refractivity contribution is 7.14. The van der Waals surface area contributed by atoms with E-state index in [9.17, 15) is 14.4 Å². The summed E-state index contributed by atoms with van der Waals surface area (Å²) in [6.45, 7) is 1.07. The highest BCUT2D eigenvalue weighted by Gasteiger charge is 2.60. The number of ether oxygens (including phenoxy) is 1. The Kier molecular flexibility index (Phi) is 4.88. The van der Waals surface area contributed by atoms with Crippen LogP contribution in [-0.4, -0.2) is 52.7 Å². The fourth-order valence-electron chi connectivity index (χ4n) is 5.37. The molecule has 2 aromatic carbocycles. The molecule has 0 spiro atoms. The van der Waals surface area contributed by atoms with Crippen molar-refractivity contribution in [2.24, 2.45) is 17.8 Å². The van der Waals surface area contributed by atoms with Gasteiger partial charge < -0.3 is 14.7 Å². The molecule has 6 rings (SSSR count). The van der Waals surface area contributed by atoms with Gasteiger partial charge in [-0.25, -0.2) is 9.78 Å². The van der Waals surface area contributed by atoms with Gasteiger partial charge in [-0.2, -0.15) is 0 Å². The quantitative estimate of drug-likeness (QED) is 0.579. The topological polar surface area (TPSA) is 109 Å². The molecule has 2 amide bonds. The normalized spacial score (nSPS) is 22.0. The summed E-state index contributed by atoms with van der Waals surface area (Å²) in [6.07, 6.45) is -0.623. The second kappa shape index (κ2) is 7.95. The number of aromatic nitrogens is 1. The number of benzene rings is 2. The first-order valence-electron chi connectivity index (χ1n) is 11.1. The molecular formula is C25H21N3O5S. The number of rotatable bonds is 5. The first-order valence-corrected chi connectivity index (χ1v) is 12.0. The summed E-state index contributed by atoms with van der Waals surface area (Å²) in [4.78, 5) is 42.2. The zero-order valence-corrected chi connectivity index (χ0v) is 18.8. The number of likely N-dealkylation sites (tertiary alicyclic amines) is 1. The van der Waals surface area contributed by atoms with Crippen LogP contribution >= 0.6 is 11.3 Å². The third-order valence-electron chi connectivity index (χ3n) is 7.04. The molecule has 1 saturated heterocycles. The summed E-state index contributed by atoms with van der Waals surface area (Å²) in [5.41, 5.74) is 4.82. The Hall–Kier alpha value is -3.72. The van der Waals surface area contributed by atoms with E-state index >= 15 is 0 Å². The van der Waals surface area contributed by atoms with Gasteiger partial charge in [0.05, 0.1) is 5.92 Å². The van der Waals surface area contributed by atoms with Crippen LogP contribution in [0.2, 0.25) is 0 Å². The van der Waals surface area contributed by atoms with Crippen LogP contribution in [0.3, 0.4) is 0 Å². The zero-order chi connectivity index (χ0) is 23.4. The van der Waals surface area contributed by atoms with Gasteiger partial charge in [0.2, 0.25) is 0 Å². The Morgan fingerprint density at radius 3 is 2.26 bits per heavy atom. The number of fused-ring (bicyclic) bond motifs is 4. The fraction of sp³-hybridized carbons (Fsp3) is 0.280. The van der Waals surface area contributed by atoms with Crippen molar-refractivity contribution < 1.29 is 24.2 Å². The van der Waals surface area contributed by atoms with Crippen LogP contribution in [0.25, 0.3) is 11.1 Å². The predicted molar refractivity (Wildman–Crippen MR) is 125 cm³/mol. The molecular weight excluding hydrogens is 454 g/mol. The van der Waals surface area contributed by atoms with Gasteiger partial charge in [0, 0.05) is 24.4 Å². The number of hydrogen-bond acceptors (Lipinski definition) is 6. The summed E-state index contributed by atoms with van der Waals surface area (Å²) >= 11 is 1.15. The average molecular weight is 476 g/mol. The molecule has 3 aromatic rings. The molecule has 34 heavy (non-hydrogen) atoms. The molecule has 2 fully saturated rings. The maximum Gasteiger partial charge on any atom is 0.413 e. The van der Waals surface area contributed by atoms with Crippen LogP contribution in [0.15, 0.2) is 53.9 Å². The molecule has 0 bridgehead atoms. The standard InChI is InChI=1S/C25H21N3O5S/c29-22(28-9-17-18(10-28)21(17)23(30)31)20-12-34-24(26-20)27-25(32)33-11-19-15-7-3-1-5-13(15)14-6-2-4-8-16(14)19/h1-8,12,17-19,21H,9-11H2,(H,30,31)(H,26,27,32)/t17-,18+,21?. The number of carboxylic acids is 1. The molecule has 9 heteroatoms. The SMILES string of the molecule is O=C(Nc1nc(C(=O)N2C[C@@H]3C(C(=O)O)[C@@H]3C2)cs1)OCC1c2ccccc2-c2ccccc21. The number of amides is 2. The maximum atomic E-state index is 12.7. The van der Waals surface area contributed by atoms with E-state index in [-0.39, 0.29) is 47.0 Å². The molecule has 2 N–H and O–H groups in total. The highest BCUT2D eigenvalue weighted by Crippen LogP contribution is 2.52. The van der Waals surface area contributed by atoms with E-state index in [1.165, 1.54) is 0 Å². The minimum Gasteiger partial charge on any atom is -0.481 e. The number of nitrogens with zero attached hydrogens (tertiary/aromatic N) is 2. The molecule has 1 unspecified atom stereocenters. The molecule has 1 aliphatic heterocycles. The summed E-state index contributed by atoms with van der Waals surface area (Å²) < 4.78 is 5.53. The van der Waals surface area contributed by atoms with Crippen LogP contribution in [0, 0.1) is 17.8 Å². The van der Waals surface area contributed by atoms with Crippen LogP contribution in [0.4, 0.5) is 9.93 Å². The summed E-state index contributed by atoms with van der Waals surface area (Å²) in [5.74, 6) is -1.32. The highest BCUT2D eigenvalue weighted by atomic mass is 32.1. The Balaban J connectivity index is 1.06. The number of aliphatic carboxylic acids is 1. The molecule has 3 atom stereocenters. The third-order valence-corrected chi connectivity index (χ3v) is 7.80. The van der Waals surface area contributed by atoms with Gasteiger partial charge in [0.25, 0.3) is 5.91 Å². The van der Waals surface area contributed by atoms with Crippen LogP contribution in [0.5, 0.6) is 0 Å². The maximum absolute atomic E-state index is 12.7. The number of carboxylic acid groups (broad SMARTS) is 1. The van der Waals surface area contributed by atoms with Gasteiger partial charge in [-0.3, -0.25) is 14.9 Å². The predicted octanol–water partition coefficient (Wildman–Crippen LogP) is 3.91. The Bertz CT molecular complexity index is 1260. The minimum atomic E-state index is -0.787. The van der Waals surface area contributed by atoms with Crippen molar-refractivity contribution in [2.45, 2.75) is 5.92 Å². The lowest BCUT2D eigenvalue weighted by atomic mass is 9.98. The van der Waals surface area contributed by atoms with E-state index in [0.29, 0.717) is 13.1 Å².